The second kappa shape index (κ2) is 3.59. The molecule has 0 aromatic heterocycles. The molecule has 1 heterocycles. The number of aryl methyl sites for hydroxylation is 1. The van der Waals surface area contributed by atoms with Gasteiger partial charge in [0.25, 0.3) is 0 Å². The summed E-state index contributed by atoms with van der Waals surface area (Å²) in [5.74, 6) is -0.307. The van der Waals surface area contributed by atoms with Gasteiger partial charge in [-0.25, -0.2) is 4.39 Å². The van der Waals surface area contributed by atoms with E-state index in [4.69, 9.17) is 0 Å². The van der Waals surface area contributed by atoms with E-state index in [1.54, 1.807) is 13.0 Å². The van der Waals surface area contributed by atoms with Crippen molar-refractivity contribution < 1.29 is 9.18 Å². The summed E-state index contributed by atoms with van der Waals surface area (Å²) < 4.78 is 14.7. The monoisotopic (exact) mass is 271 g/mol. The molecule has 15 heavy (non-hydrogen) atoms. The van der Waals surface area contributed by atoms with E-state index >= 15 is 0 Å². The van der Waals surface area contributed by atoms with Crippen molar-refractivity contribution >= 4 is 27.5 Å². The minimum absolute atomic E-state index is 0.0299. The summed E-state index contributed by atoms with van der Waals surface area (Å²) in [7, 11) is 0. The topological polar surface area (TPSA) is 20.3 Å². The Labute approximate surface area is 96.2 Å². The fourth-order valence-electron chi connectivity index (χ4n) is 1.93. The number of nitrogens with zero attached hydrogens (tertiary/aromatic N) is 1. The normalized spacial score (nSPS) is 14.7. The summed E-state index contributed by atoms with van der Waals surface area (Å²) in [5, 5.41) is 0. The molecular weight excluding hydrogens is 261 g/mol. The molecule has 2 nitrogen and oxygen atoms in total. The number of halogens is 2. The maximum absolute atomic E-state index is 13.9. The van der Waals surface area contributed by atoms with Crippen molar-refractivity contribution in [3.63, 3.8) is 0 Å². The summed E-state index contributed by atoms with van der Waals surface area (Å²) >= 11 is 3.37. The Kier molecular flexibility index (Phi) is 2.54. The van der Waals surface area contributed by atoms with Gasteiger partial charge in [-0.05, 0) is 25.5 Å². The molecule has 1 amide bonds. The molecule has 0 aliphatic carbocycles. The van der Waals surface area contributed by atoms with Crippen LogP contribution < -0.4 is 4.90 Å². The van der Waals surface area contributed by atoms with Gasteiger partial charge in [-0.3, -0.25) is 4.79 Å². The Morgan fingerprint density at radius 1 is 1.60 bits per heavy atom. The van der Waals surface area contributed by atoms with Crippen molar-refractivity contribution in [1.29, 1.82) is 0 Å². The largest absolute Gasteiger partial charge is 0.309 e. The second-order valence-corrected chi connectivity index (χ2v) is 4.49. The Morgan fingerprint density at radius 2 is 2.27 bits per heavy atom. The Morgan fingerprint density at radius 3 is 2.87 bits per heavy atom. The third kappa shape index (κ3) is 1.47. The first-order chi connectivity index (χ1) is 7.06. The number of amides is 1. The summed E-state index contributed by atoms with van der Waals surface area (Å²) in [6, 6.07) is 1.72. The number of carbonyl (C=O) groups excluding carboxylic acids is 1. The molecule has 0 radical (unpaired) electrons. The Balaban J connectivity index is 2.69. The molecular formula is C11H11BrFNO. The summed E-state index contributed by atoms with van der Waals surface area (Å²) in [6.07, 6.45) is 0.293. The van der Waals surface area contributed by atoms with Crippen LogP contribution in [0.2, 0.25) is 0 Å². The van der Waals surface area contributed by atoms with E-state index in [-0.39, 0.29) is 11.7 Å². The van der Waals surface area contributed by atoms with Crippen LogP contribution in [0.3, 0.4) is 0 Å². The van der Waals surface area contributed by atoms with Crippen molar-refractivity contribution in [2.45, 2.75) is 20.3 Å². The first kappa shape index (κ1) is 10.6. The molecule has 80 valence electrons. The van der Waals surface area contributed by atoms with E-state index in [0.29, 0.717) is 24.2 Å². The zero-order valence-corrected chi connectivity index (χ0v) is 10.2. The van der Waals surface area contributed by atoms with Crippen LogP contribution in [0, 0.1) is 12.7 Å². The summed E-state index contributed by atoms with van der Waals surface area (Å²) in [6.45, 7) is 4.07. The highest BCUT2D eigenvalue weighted by Gasteiger charge is 2.31. The first-order valence-corrected chi connectivity index (χ1v) is 5.63. The van der Waals surface area contributed by atoms with Crippen LogP contribution in [0.4, 0.5) is 10.1 Å². The lowest BCUT2D eigenvalue weighted by Crippen LogP contribution is -2.26. The fourth-order valence-corrected chi connectivity index (χ4v) is 2.60. The van der Waals surface area contributed by atoms with Gasteiger partial charge >= 0.3 is 0 Å². The van der Waals surface area contributed by atoms with E-state index in [1.165, 1.54) is 4.90 Å². The molecule has 0 N–H and O–H groups in total. The number of likely N-dealkylation sites (N-methyl/N-ethyl adjacent to an activating group) is 1. The number of anilines is 1. The van der Waals surface area contributed by atoms with Crippen LogP contribution in [-0.2, 0) is 11.2 Å². The fraction of sp³-hybridized carbons (Fsp3) is 0.364. The molecule has 0 bridgehead atoms. The number of rotatable bonds is 1. The smallest absolute Gasteiger partial charge is 0.231 e. The molecule has 1 aliphatic rings. The van der Waals surface area contributed by atoms with Crippen LogP contribution in [0.15, 0.2) is 10.5 Å². The van der Waals surface area contributed by atoms with Gasteiger partial charge in [0.15, 0.2) is 0 Å². The average molecular weight is 272 g/mol. The quantitative estimate of drug-likeness (QED) is 0.769. The highest BCUT2D eigenvalue weighted by molar-refractivity contribution is 9.10. The predicted octanol–water partition coefficient (Wildman–Crippen LogP) is 2.81. The summed E-state index contributed by atoms with van der Waals surface area (Å²) in [4.78, 5) is 13.1. The number of hydrogen-bond donors (Lipinski definition) is 0. The Hall–Kier alpha value is -0.900. The standard InChI is InChI=1S/C11H11BrFNO/c1-3-14-9(15)5-7-8(12)4-6(2)10(13)11(7)14/h4H,3,5H2,1-2H3. The minimum Gasteiger partial charge on any atom is -0.309 e. The van der Waals surface area contributed by atoms with Crippen molar-refractivity contribution in [2.75, 3.05) is 11.4 Å². The van der Waals surface area contributed by atoms with Crippen LogP contribution in [0.5, 0.6) is 0 Å². The molecule has 2 rings (SSSR count). The lowest BCUT2D eigenvalue weighted by molar-refractivity contribution is -0.117. The molecule has 4 heteroatoms. The third-order valence-corrected chi connectivity index (χ3v) is 3.39. The van der Waals surface area contributed by atoms with Crippen molar-refractivity contribution in [2.24, 2.45) is 0 Å². The molecule has 0 saturated carbocycles. The van der Waals surface area contributed by atoms with E-state index in [1.807, 2.05) is 6.92 Å². The number of benzene rings is 1. The zero-order valence-electron chi connectivity index (χ0n) is 8.60. The molecule has 1 aliphatic heterocycles. The van der Waals surface area contributed by atoms with Crippen LogP contribution in [0.25, 0.3) is 0 Å². The predicted molar refractivity (Wildman–Crippen MR) is 60.6 cm³/mol. The lowest BCUT2D eigenvalue weighted by Gasteiger charge is -2.16. The third-order valence-electron chi connectivity index (χ3n) is 2.69. The second-order valence-electron chi connectivity index (χ2n) is 3.63. The van der Waals surface area contributed by atoms with E-state index in [0.717, 1.165) is 10.0 Å². The van der Waals surface area contributed by atoms with Crippen molar-refractivity contribution in [3.8, 4) is 0 Å². The van der Waals surface area contributed by atoms with Gasteiger partial charge in [0.2, 0.25) is 5.91 Å². The van der Waals surface area contributed by atoms with Crippen molar-refractivity contribution in [1.82, 2.24) is 0 Å². The average Bonchev–Trinajstić information content (AvgIpc) is 2.52. The zero-order chi connectivity index (χ0) is 11.2. The Bertz CT molecular complexity index is 445. The van der Waals surface area contributed by atoms with Gasteiger partial charge in [-0.15, -0.1) is 0 Å². The molecule has 0 saturated heterocycles. The molecule has 0 atom stereocenters. The van der Waals surface area contributed by atoms with E-state index < -0.39 is 0 Å². The molecule has 0 unspecified atom stereocenters. The molecule has 0 spiro atoms. The number of hydrogen-bond acceptors (Lipinski definition) is 1. The highest BCUT2D eigenvalue weighted by atomic mass is 79.9. The van der Waals surface area contributed by atoms with Crippen LogP contribution in [0.1, 0.15) is 18.1 Å². The number of fused-ring (bicyclic) bond motifs is 1. The van der Waals surface area contributed by atoms with Crippen LogP contribution in [-0.4, -0.2) is 12.5 Å². The minimum atomic E-state index is -0.277. The van der Waals surface area contributed by atoms with Gasteiger partial charge in [-0.1, -0.05) is 15.9 Å². The summed E-state index contributed by atoms with van der Waals surface area (Å²) in [5.41, 5.74) is 1.79. The first-order valence-electron chi connectivity index (χ1n) is 4.84. The van der Waals surface area contributed by atoms with Crippen LogP contribution >= 0.6 is 15.9 Å². The lowest BCUT2D eigenvalue weighted by atomic mass is 10.1. The van der Waals surface area contributed by atoms with Gasteiger partial charge < -0.3 is 4.90 Å². The molecule has 0 fully saturated rings. The highest BCUT2D eigenvalue weighted by Crippen LogP contribution is 2.38. The van der Waals surface area contributed by atoms with Crippen molar-refractivity contribution in [3.05, 3.63) is 27.5 Å². The van der Waals surface area contributed by atoms with Gasteiger partial charge in [0.1, 0.15) is 5.82 Å². The maximum Gasteiger partial charge on any atom is 0.231 e. The van der Waals surface area contributed by atoms with Gasteiger partial charge in [-0.2, -0.15) is 0 Å². The van der Waals surface area contributed by atoms with Gasteiger partial charge in [0, 0.05) is 16.6 Å². The number of carbonyl (C=O) groups is 1. The molecule has 1 aromatic rings. The SMILES string of the molecule is CCN1C(=O)Cc2c(Br)cc(C)c(F)c21. The van der Waals surface area contributed by atoms with Gasteiger partial charge in [0.05, 0.1) is 12.1 Å². The van der Waals surface area contributed by atoms with E-state index in [2.05, 4.69) is 15.9 Å². The molecule has 1 aromatic carbocycles. The maximum atomic E-state index is 13.9. The van der Waals surface area contributed by atoms with E-state index in [9.17, 15) is 9.18 Å².